The molecule has 0 saturated heterocycles. The van der Waals surface area contributed by atoms with Crippen molar-refractivity contribution in [2.24, 2.45) is 0 Å². The molecule has 2 N–H and O–H groups in total. The topological polar surface area (TPSA) is 49.7 Å². The average molecular weight is 260 g/mol. The van der Waals surface area contributed by atoms with Crippen molar-refractivity contribution in [3.05, 3.63) is 59.7 Å². The van der Waals surface area contributed by atoms with E-state index in [0.717, 1.165) is 5.75 Å². The highest BCUT2D eigenvalue weighted by atomic mass is 16.5. The summed E-state index contributed by atoms with van der Waals surface area (Å²) in [4.78, 5) is 0. The normalized spacial score (nSPS) is 9.42. The Morgan fingerprint density at radius 1 is 0.842 bits per heavy atom. The number of rotatable bonds is 3. The molecule has 3 nitrogen and oxygen atoms in total. The molecule has 19 heavy (non-hydrogen) atoms. The number of hydrogen-bond acceptors (Lipinski definition) is 3. The Morgan fingerprint density at radius 2 is 1.32 bits per heavy atom. The minimum Gasteiger partial charge on any atom is -0.508 e. The van der Waals surface area contributed by atoms with Gasteiger partial charge >= 0.3 is 0 Å². The monoisotopic (exact) mass is 260 g/mol. The summed E-state index contributed by atoms with van der Waals surface area (Å²) >= 11 is 0. The number of benzene rings is 2. The summed E-state index contributed by atoms with van der Waals surface area (Å²) < 4.78 is 5.16. The van der Waals surface area contributed by atoms with Crippen LogP contribution in [0.15, 0.2) is 48.5 Å². The fourth-order valence-corrected chi connectivity index (χ4v) is 1.34. The molecule has 0 saturated carbocycles. The second-order valence-electron chi connectivity index (χ2n) is 4.22. The van der Waals surface area contributed by atoms with E-state index >= 15 is 0 Å². The van der Waals surface area contributed by atoms with Crippen LogP contribution in [0.3, 0.4) is 0 Å². The molecule has 0 amide bonds. The van der Waals surface area contributed by atoms with Gasteiger partial charge in [0.05, 0.1) is 6.61 Å². The first-order chi connectivity index (χ1) is 9.11. The summed E-state index contributed by atoms with van der Waals surface area (Å²) in [6, 6.07) is 14.8. The third-order valence-corrected chi connectivity index (χ3v) is 2.41. The molecular formula is C16H20O3. The maximum atomic E-state index is 8.76. The van der Waals surface area contributed by atoms with E-state index in [1.54, 1.807) is 12.1 Å². The van der Waals surface area contributed by atoms with Gasteiger partial charge in [0.2, 0.25) is 0 Å². The molecule has 3 heteroatoms. The predicted molar refractivity (Wildman–Crippen MR) is 76.6 cm³/mol. The van der Waals surface area contributed by atoms with E-state index in [4.69, 9.17) is 14.9 Å². The van der Waals surface area contributed by atoms with Crippen molar-refractivity contribution in [2.75, 3.05) is 13.2 Å². The number of aromatic hydroxyl groups is 1. The highest BCUT2D eigenvalue weighted by Crippen LogP contribution is 2.10. The Hall–Kier alpha value is -2.00. The lowest BCUT2D eigenvalue weighted by atomic mass is 10.2. The Bertz CT molecular complexity index is 439. The molecule has 0 radical (unpaired) electrons. The molecule has 0 aromatic heterocycles. The minimum atomic E-state index is 0.0634. The number of aliphatic hydroxyl groups is 1. The van der Waals surface area contributed by atoms with E-state index in [2.05, 4.69) is 0 Å². The van der Waals surface area contributed by atoms with Gasteiger partial charge < -0.3 is 14.9 Å². The second kappa shape index (κ2) is 8.16. The first kappa shape index (κ1) is 15.1. The van der Waals surface area contributed by atoms with Gasteiger partial charge in [0.25, 0.3) is 0 Å². The Morgan fingerprint density at radius 3 is 1.74 bits per heavy atom. The standard InChI is InChI=1S/C9H12O2.C7H8O/c1-8-2-4-9(5-3-8)11-7-6-10;1-6-2-4-7(8)5-3-6/h2-5,10H,6-7H2,1H3;2-5,8H,1H3. The van der Waals surface area contributed by atoms with E-state index < -0.39 is 0 Å². The zero-order valence-corrected chi connectivity index (χ0v) is 11.3. The molecule has 0 bridgehead atoms. The van der Waals surface area contributed by atoms with E-state index in [0.29, 0.717) is 12.4 Å². The number of phenols is 1. The van der Waals surface area contributed by atoms with Crippen molar-refractivity contribution in [1.29, 1.82) is 0 Å². The summed E-state index contributed by atoms with van der Waals surface area (Å²) in [5.41, 5.74) is 2.38. The summed E-state index contributed by atoms with van der Waals surface area (Å²) in [6.07, 6.45) is 0. The van der Waals surface area contributed by atoms with Crippen LogP contribution in [0.1, 0.15) is 11.1 Å². The molecule has 0 unspecified atom stereocenters. The first-order valence-corrected chi connectivity index (χ1v) is 6.18. The molecule has 0 aliphatic carbocycles. The van der Waals surface area contributed by atoms with E-state index in [1.165, 1.54) is 11.1 Å². The van der Waals surface area contributed by atoms with Gasteiger partial charge in [-0.2, -0.15) is 0 Å². The molecule has 0 aliphatic rings. The summed E-state index contributed by atoms with van der Waals surface area (Å²) in [5, 5.41) is 17.2. The summed E-state index contributed by atoms with van der Waals surface area (Å²) in [7, 11) is 0. The average Bonchev–Trinajstić information content (AvgIpc) is 2.42. The second-order valence-corrected chi connectivity index (χ2v) is 4.22. The molecule has 0 spiro atoms. The van der Waals surface area contributed by atoms with Gasteiger partial charge in [0, 0.05) is 0 Å². The zero-order chi connectivity index (χ0) is 14.1. The van der Waals surface area contributed by atoms with Gasteiger partial charge in [-0.05, 0) is 38.1 Å². The Labute approximate surface area is 114 Å². The van der Waals surface area contributed by atoms with Gasteiger partial charge in [-0.1, -0.05) is 35.4 Å². The highest BCUT2D eigenvalue weighted by Gasteiger charge is 1.90. The maximum absolute atomic E-state index is 8.76. The van der Waals surface area contributed by atoms with Crippen molar-refractivity contribution in [1.82, 2.24) is 0 Å². The Balaban J connectivity index is 0.000000200. The van der Waals surface area contributed by atoms with Gasteiger partial charge in [-0.25, -0.2) is 0 Å². The molecule has 0 atom stereocenters. The minimum absolute atomic E-state index is 0.0634. The van der Waals surface area contributed by atoms with Crippen LogP contribution in [0.4, 0.5) is 0 Å². The van der Waals surface area contributed by atoms with Crippen LogP contribution in [0.5, 0.6) is 11.5 Å². The van der Waals surface area contributed by atoms with Crippen LogP contribution in [-0.4, -0.2) is 23.4 Å². The highest BCUT2D eigenvalue weighted by molar-refractivity contribution is 5.26. The largest absolute Gasteiger partial charge is 0.508 e. The van der Waals surface area contributed by atoms with Crippen LogP contribution >= 0.6 is 0 Å². The summed E-state index contributed by atoms with van der Waals surface area (Å²) in [5.74, 6) is 1.14. The predicted octanol–water partition coefficient (Wildman–Crippen LogP) is 3.07. The molecule has 0 aliphatic heterocycles. The third kappa shape index (κ3) is 6.48. The lowest BCUT2D eigenvalue weighted by Crippen LogP contribution is -2.01. The molecular weight excluding hydrogens is 240 g/mol. The zero-order valence-electron chi connectivity index (χ0n) is 11.3. The molecule has 2 aromatic rings. The van der Waals surface area contributed by atoms with Crippen LogP contribution in [0.25, 0.3) is 0 Å². The Kier molecular flexibility index (Phi) is 6.47. The van der Waals surface area contributed by atoms with Gasteiger partial charge in [-0.15, -0.1) is 0 Å². The van der Waals surface area contributed by atoms with Crippen molar-refractivity contribution < 1.29 is 14.9 Å². The van der Waals surface area contributed by atoms with Crippen molar-refractivity contribution >= 4 is 0 Å². The number of aliphatic hydroxyl groups excluding tert-OH is 1. The van der Waals surface area contributed by atoms with Crippen LogP contribution in [0.2, 0.25) is 0 Å². The molecule has 0 heterocycles. The van der Waals surface area contributed by atoms with E-state index in [9.17, 15) is 0 Å². The maximum Gasteiger partial charge on any atom is 0.119 e. The van der Waals surface area contributed by atoms with Crippen LogP contribution in [0, 0.1) is 13.8 Å². The lowest BCUT2D eigenvalue weighted by Gasteiger charge is -2.02. The molecule has 0 fully saturated rings. The number of hydrogen-bond donors (Lipinski definition) is 2. The van der Waals surface area contributed by atoms with Crippen LogP contribution < -0.4 is 4.74 Å². The lowest BCUT2D eigenvalue weighted by molar-refractivity contribution is 0.201. The van der Waals surface area contributed by atoms with Crippen molar-refractivity contribution in [2.45, 2.75) is 13.8 Å². The molecule has 2 aromatic carbocycles. The van der Waals surface area contributed by atoms with Gasteiger partial charge in [0.1, 0.15) is 18.1 Å². The van der Waals surface area contributed by atoms with Gasteiger partial charge in [-0.3, -0.25) is 0 Å². The van der Waals surface area contributed by atoms with Crippen LogP contribution in [-0.2, 0) is 0 Å². The number of ether oxygens (including phenoxy) is 1. The smallest absolute Gasteiger partial charge is 0.119 e. The van der Waals surface area contributed by atoms with E-state index in [-0.39, 0.29) is 6.61 Å². The fourth-order valence-electron chi connectivity index (χ4n) is 1.34. The molecule has 102 valence electrons. The number of phenolic OH excluding ortho intramolecular Hbond substituents is 1. The van der Waals surface area contributed by atoms with Crippen molar-refractivity contribution in [3.8, 4) is 11.5 Å². The van der Waals surface area contributed by atoms with E-state index in [1.807, 2.05) is 50.2 Å². The first-order valence-electron chi connectivity index (χ1n) is 6.18. The third-order valence-electron chi connectivity index (χ3n) is 2.41. The SMILES string of the molecule is Cc1ccc(O)cc1.Cc1ccc(OCCO)cc1. The quantitative estimate of drug-likeness (QED) is 0.891. The summed E-state index contributed by atoms with van der Waals surface area (Å²) in [6.45, 7) is 4.44. The van der Waals surface area contributed by atoms with Crippen molar-refractivity contribution in [3.63, 3.8) is 0 Å². The molecule has 2 rings (SSSR count). The number of aryl methyl sites for hydroxylation is 2. The van der Waals surface area contributed by atoms with Gasteiger partial charge in [0.15, 0.2) is 0 Å². The fraction of sp³-hybridized carbons (Fsp3) is 0.250.